The molecule has 2 aromatic rings. The Kier molecular flexibility index (Phi) is 5.16. The maximum atomic E-state index is 14.1. The predicted octanol–water partition coefficient (Wildman–Crippen LogP) is 1.80. The number of nitrogens with zero attached hydrogens (tertiary/aromatic N) is 1. The quantitative estimate of drug-likeness (QED) is 0.747. The first-order valence-corrected chi connectivity index (χ1v) is 8.99. The Balaban J connectivity index is 1.81. The Morgan fingerprint density at radius 3 is 2.68 bits per heavy atom. The molecule has 2 heterocycles. The summed E-state index contributed by atoms with van der Waals surface area (Å²) in [5.41, 5.74) is -0.0557. The first kappa shape index (κ1) is 17.6. The van der Waals surface area contributed by atoms with E-state index in [9.17, 15) is 17.6 Å². The van der Waals surface area contributed by atoms with Crippen molar-refractivity contribution in [3.63, 3.8) is 0 Å². The lowest BCUT2D eigenvalue weighted by molar-refractivity contribution is 0.0445. The minimum Gasteiger partial charge on any atom is -0.466 e. The van der Waals surface area contributed by atoms with Crippen LogP contribution in [0, 0.1) is 5.82 Å². The number of carbonyl (C=O) groups excluding carboxylic acids is 1. The molecule has 0 unspecified atom stereocenters. The van der Waals surface area contributed by atoms with Crippen molar-refractivity contribution in [1.29, 1.82) is 0 Å². The third-order valence-electron chi connectivity index (χ3n) is 3.68. The predicted molar refractivity (Wildman–Crippen MR) is 83.8 cm³/mol. The summed E-state index contributed by atoms with van der Waals surface area (Å²) in [6.07, 6.45) is 1.44. The summed E-state index contributed by atoms with van der Waals surface area (Å²) >= 11 is 0. The number of esters is 1. The molecule has 0 atom stereocenters. The summed E-state index contributed by atoms with van der Waals surface area (Å²) in [5.74, 6) is -1.25. The van der Waals surface area contributed by atoms with Gasteiger partial charge in [-0.1, -0.05) is 0 Å². The highest BCUT2D eigenvalue weighted by molar-refractivity contribution is 7.89. The smallest absolute Gasteiger partial charge is 0.338 e. The molecular formula is C16H16FNO6S. The molecule has 0 saturated carbocycles. The Morgan fingerprint density at radius 2 is 2.00 bits per heavy atom. The Hall–Kier alpha value is -2.23. The lowest BCUT2D eigenvalue weighted by atomic mass is 10.2. The average molecular weight is 369 g/mol. The molecule has 0 bridgehead atoms. The van der Waals surface area contributed by atoms with E-state index in [4.69, 9.17) is 13.9 Å². The van der Waals surface area contributed by atoms with Gasteiger partial charge in [-0.3, -0.25) is 0 Å². The van der Waals surface area contributed by atoms with Crippen molar-refractivity contribution in [2.24, 2.45) is 0 Å². The van der Waals surface area contributed by atoms with Gasteiger partial charge >= 0.3 is 5.97 Å². The van der Waals surface area contributed by atoms with Crippen LogP contribution in [0.1, 0.15) is 16.1 Å². The van der Waals surface area contributed by atoms with Gasteiger partial charge in [-0.05, 0) is 30.3 Å². The van der Waals surface area contributed by atoms with Crippen molar-refractivity contribution >= 4 is 16.0 Å². The van der Waals surface area contributed by atoms with Gasteiger partial charge in [0.15, 0.2) is 0 Å². The number of halogens is 1. The zero-order valence-corrected chi connectivity index (χ0v) is 14.0. The first-order chi connectivity index (χ1) is 12.0. The molecule has 1 aliphatic rings. The molecule has 9 heteroatoms. The van der Waals surface area contributed by atoms with Gasteiger partial charge in [0.2, 0.25) is 10.0 Å². The number of morpholine rings is 1. The highest BCUT2D eigenvalue weighted by Gasteiger charge is 2.30. The summed E-state index contributed by atoms with van der Waals surface area (Å²) in [6, 6.07) is 6.39. The van der Waals surface area contributed by atoms with Crippen molar-refractivity contribution < 1.29 is 31.5 Å². The van der Waals surface area contributed by atoms with E-state index in [2.05, 4.69) is 0 Å². The van der Waals surface area contributed by atoms with Crippen molar-refractivity contribution in [3.8, 4) is 0 Å². The lowest BCUT2D eigenvalue weighted by Crippen LogP contribution is -2.41. The van der Waals surface area contributed by atoms with Crippen LogP contribution < -0.4 is 0 Å². The second kappa shape index (κ2) is 7.34. The van der Waals surface area contributed by atoms with Gasteiger partial charge in [0, 0.05) is 13.1 Å². The van der Waals surface area contributed by atoms with Crippen molar-refractivity contribution in [2.45, 2.75) is 11.5 Å². The maximum absolute atomic E-state index is 14.1. The molecular weight excluding hydrogens is 353 g/mol. The van der Waals surface area contributed by atoms with Crippen molar-refractivity contribution in [3.05, 3.63) is 53.7 Å². The van der Waals surface area contributed by atoms with E-state index in [1.54, 1.807) is 12.1 Å². The molecule has 7 nitrogen and oxygen atoms in total. The van der Waals surface area contributed by atoms with Gasteiger partial charge in [0.25, 0.3) is 0 Å². The van der Waals surface area contributed by atoms with Gasteiger partial charge in [-0.2, -0.15) is 4.31 Å². The topological polar surface area (TPSA) is 86.0 Å². The highest BCUT2D eigenvalue weighted by atomic mass is 32.2. The molecule has 3 rings (SSSR count). The van der Waals surface area contributed by atoms with Gasteiger partial charge in [-0.15, -0.1) is 0 Å². The van der Waals surface area contributed by atoms with Crippen LogP contribution >= 0.6 is 0 Å². The van der Waals surface area contributed by atoms with E-state index in [1.165, 1.54) is 12.3 Å². The fourth-order valence-electron chi connectivity index (χ4n) is 2.37. The van der Waals surface area contributed by atoms with Crippen LogP contribution in [-0.4, -0.2) is 45.0 Å². The first-order valence-electron chi connectivity index (χ1n) is 7.55. The minimum absolute atomic E-state index is 0.0557. The number of hydrogen-bond acceptors (Lipinski definition) is 6. The van der Waals surface area contributed by atoms with Crippen LogP contribution in [0.15, 0.2) is 45.9 Å². The molecule has 0 aliphatic carbocycles. The van der Waals surface area contributed by atoms with E-state index in [0.29, 0.717) is 5.76 Å². The second-order valence-corrected chi connectivity index (χ2v) is 7.22. The maximum Gasteiger partial charge on any atom is 0.338 e. The van der Waals surface area contributed by atoms with E-state index in [1.807, 2.05) is 0 Å². The standard InChI is InChI=1S/C16H16FNO6S/c17-14-4-3-12(16(19)24-11-13-2-1-7-23-13)10-15(14)25(20,21)18-5-8-22-9-6-18/h1-4,7,10H,5-6,8-9,11H2. The van der Waals surface area contributed by atoms with Crippen LogP contribution in [0.5, 0.6) is 0 Å². The fraction of sp³-hybridized carbons (Fsp3) is 0.312. The summed E-state index contributed by atoms with van der Waals surface area (Å²) in [5, 5.41) is 0. The second-order valence-electron chi connectivity index (χ2n) is 5.32. The fourth-order valence-corrected chi connectivity index (χ4v) is 3.87. The number of benzene rings is 1. The van der Waals surface area contributed by atoms with Gasteiger partial charge in [-0.25, -0.2) is 17.6 Å². The molecule has 1 fully saturated rings. The molecule has 1 aromatic carbocycles. The summed E-state index contributed by atoms with van der Waals surface area (Å²) < 4.78 is 55.6. The Bertz CT molecular complexity index is 844. The molecule has 0 radical (unpaired) electrons. The van der Waals surface area contributed by atoms with E-state index in [-0.39, 0.29) is 38.5 Å². The minimum atomic E-state index is -4.05. The van der Waals surface area contributed by atoms with Crippen LogP contribution in [0.2, 0.25) is 0 Å². The highest BCUT2D eigenvalue weighted by Crippen LogP contribution is 2.22. The molecule has 0 N–H and O–H groups in total. The van der Waals surface area contributed by atoms with E-state index < -0.39 is 26.7 Å². The largest absolute Gasteiger partial charge is 0.466 e. The Labute approximate surface area is 144 Å². The third kappa shape index (κ3) is 3.89. The number of sulfonamides is 1. The normalized spacial score (nSPS) is 15.9. The molecule has 134 valence electrons. The van der Waals surface area contributed by atoms with Gasteiger partial charge in [0.1, 0.15) is 23.1 Å². The van der Waals surface area contributed by atoms with Crippen molar-refractivity contribution in [1.82, 2.24) is 4.31 Å². The third-order valence-corrected chi connectivity index (χ3v) is 5.59. The zero-order valence-electron chi connectivity index (χ0n) is 13.2. The SMILES string of the molecule is O=C(OCc1ccco1)c1ccc(F)c(S(=O)(=O)N2CCOCC2)c1. The number of ether oxygens (including phenoxy) is 2. The molecule has 0 amide bonds. The van der Waals surface area contributed by atoms with Crippen LogP contribution in [0.3, 0.4) is 0 Å². The van der Waals surface area contributed by atoms with Gasteiger partial charge in [0.05, 0.1) is 25.0 Å². The lowest BCUT2D eigenvalue weighted by Gasteiger charge is -2.26. The number of hydrogen-bond donors (Lipinski definition) is 0. The van der Waals surface area contributed by atoms with Crippen LogP contribution in [-0.2, 0) is 26.1 Å². The van der Waals surface area contributed by atoms with Crippen molar-refractivity contribution in [2.75, 3.05) is 26.3 Å². The molecule has 0 spiro atoms. The van der Waals surface area contributed by atoms with Crippen LogP contribution in [0.25, 0.3) is 0 Å². The number of furan rings is 1. The zero-order chi connectivity index (χ0) is 17.9. The Morgan fingerprint density at radius 1 is 1.24 bits per heavy atom. The molecule has 1 saturated heterocycles. The molecule has 1 aliphatic heterocycles. The van der Waals surface area contributed by atoms with Gasteiger partial charge < -0.3 is 13.9 Å². The van der Waals surface area contributed by atoms with E-state index >= 15 is 0 Å². The van der Waals surface area contributed by atoms with E-state index in [0.717, 1.165) is 16.4 Å². The number of carbonyl (C=O) groups is 1. The molecule has 25 heavy (non-hydrogen) atoms. The monoisotopic (exact) mass is 369 g/mol. The molecule has 1 aromatic heterocycles. The average Bonchev–Trinajstić information content (AvgIpc) is 3.14. The number of rotatable bonds is 5. The summed E-state index contributed by atoms with van der Waals surface area (Å²) in [7, 11) is -4.05. The summed E-state index contributed by atoms with van der Waals surface area (Å²) in [4.78, 5) is 11.5. The van der Waals surface area contributed by atoms with Crippen LogP contribution in [0.4, 0.5) is 4.39 Å². The summed E-state index contributed by atoms with van der Waals surface area (Å²) in [6.45, 7) is 0.649.